The van der Waals surface area contributed by atoms with Gasteiger partial charge in [-0.05, 0) is 24.6 Å². The summed E-state index contributed by atoms with van der Waals surface area (Å²) in [5, 5.41) is 16.0. The van der Waals surface area contributed by atoms with Gasteiger partial charge in [-0.25, -0.2) is 4.98 Å². The second kappa shape index (κ2) is 10.8. The fraction of sp³-hybridized carbons (Fsp3) is 0.304. The summed E-state index contributed by atoms with van der Waals surface area (Å²) in [6, 6.07) is 17.2. The lowest BCUT2D eigenvalue weighted by Crippen LogP contribution is -2.31. The molecule has 3 N–H and O–H groups in total. The molecule has 0 aliphatic rings. The maximum absolute atomic E-state index is 12.1. The number of imidazole rings is 1. The van der Waals surface area contributed by atoms with Crippen molar-refractivity contribution in [2.24, 2.45) is 5.10 Å². The standard InChI is InChI=1S/C23H26N6O/c1-2-3-4-5-9-14-25-23(30)21(16-24)29-28-18-12-13-19-20(15-18)27-22(26-19)17-10-7-6-8-11-17/h6-8,10-13,15,28H,2-5,9,14H2,1H3,(H,25,30)(H,26,27)/b29-21+. The lowest BCUT2D eigenvalue weighted by atomic mass is 10.1. The monoisotopic (exact) mass is 402 g/mol. The third-order valence-corrected chi connectivity index (χ3v) is 4.71. The molecule has 1 amide bonds. The number of benzene rings is 2. The molecule has 7 heteroatoms. The molecule has 0 spiro atoms. The molecule has 0 saturated carbocycles. The van der Waals surface area contributed by atoms with Crippen molar-refractivity contribution in [1.29, 1.82) is 5.26 Å². The Morgan fingerprint density at radius 3 is 2.70 bits per heavy atom. The third-order valence-electron chi connectivity index (χ3n) is 4.71. The van der Waals surface area contributed by atoms with E-state index in [0.29, 0.717) is 12.2 Å². The molecule has 1 heterocycles. The number of rotatable bonds is 10. The Bertz CT molecular complexity index is 1050. The normalized spacial score (nSPS) is 11.3. The molecule has 2 aromatic carbocycles. The number of carbonyl (C=O) groups excluding carboxylic acids is 1. The lowest BCUT2D eigenvalue weighted by Gasteiger charge is -2.04. The number of nitriles is 1. The zero-order chi connectivity index (χ0) is 21.2. The first-order valence-electron chi connectivity index (χ1n) is 10.3. The zero-order valence-electron chi connectivity index (χ0n) is 17.1. The van der Waals surface area contributed by atoms with Crippen LogP contribution in [0, 0.1) is 11.3 Å². The van der Waals surface area contributed by atoms with Crippen molar-refractivity contribution in [3.63, 3.8) is 0 Å². The minimum Gasteiger partial charge on any atom is -0.350 e. The van der Waals surface area contributed by atoms with Crippen molar-refractivity contribution in [2.75, 3.05) is 12.0 Å². The van der Waals surface area contributed by atoms with E-state index in [-0.39, 0.29) is 5.71 Å². The van der Waals surface area contributed by atoms with Gasteiger partial charge >= 0.3 is 0 Å². The van der Waals surface area contributed by atoms with Crippen molar-refractivity contribution in [3.8, 4) is 17.5 Å². The van der Waals surface area contributed by atoms with Crippen molar-refractivity contribution in [2.45, 2.75) is 39.0 Å². The second-order valence-corrected chi connectivity index (χ2v) is 7.04. The van der Waals surface area contributed by atoms with E-state index < -0.39 is 5.91 Å². The van der Waals surface area contributed by atoms with E-state index in [9.17, 15) is 10.1 Å². The predicted molar refractivity (Wildman–Crippen MR) is 120 cm³/mol. The molecule has 0 radical (unpaired) electrons. The number of carbonyl (C=O) groups is 1. The highest BCUT2D eigenvalue weighted by Gasteiger charge is 2.10. The molecule has 0 aliphatic heterocycles. The first-order valence-corrected chi connectivity index (χ1v) is 10.3. The van der Waals surface area contributed by atoms with Gasteiger partial charge in [-0.3, -0.25) is 10.2 Å². The number of unbranched alkanes of at least 4 members (excludes halogenated alkanes) is 4. The van der Waals surface area contributed by atoms with E-state index >= 15 is 0 Å². The lowest BCUT2D eigenvalue weighted by molar-refractivity contribution is -0.114. The van der Waals surface area contributed by atoms with Gasteiger partial charge in [0.25, 0.3) is 5.91 Å². The van der Waals surface area contributed by atoms with Gasteiger partial charge in [0.05, 0.1) is 16.7 Å². The minimum absolute atomic E-state index is 0.196. The summed E-state index contributed by atoms with van der Waals surface area (Å²) in [5.74, 6) is 0.316. The Kier molecular flexibility index (Phi) is 7.56. The van der Waals surface area contributed by atoms with Crippen LogP contribution >= 0.6 is 0 Å². The summed E-state index contributed by atoms with van der Waals surface area (Å²) in [5.41, 5.74) is 5.92. The van der Waals surface area contributed by atoms with Gasteiger partial charge < -0.3 is 10.3 Å². The number of amides is 1. The summed E-state index contributed by atoms with van der Waals surface area (Å²) in [4.78, 5) is 20.0. The molecule has 3 aromatic rings. The maximum Gasteiger partial charge on any atom is 0.282 e. The number of nitrogens with zero attached hydrogens (tertiary/aromatic N) is 3. The van der Waals surface area contributed by atoms with Gasteiger partial charge in [-0.1, -0.05) is 62.9 Å². The quantitative estimate of drug-likeness (QED) is 0.262. The average molecular weight is 403 g/mol. The first kappa shape index (κ1) is 21.1. The number of aromatic nitrogens is 2. The van der Waals surface area contributed by atoms with Crippen LogP contribution in [0.2, 0.25) is 0 Å². The third kappa shape index (κ3) is 5.67. The molecular formula is C23H26N6O. The molecule has 1 aromatic heterocycles. The van der Waals surface area contributed by atoms with Gasteiger partial charge in [0, 0.05) is 12.1 Å². The molecule has 0 saturated heterocycles. The van der Waals surface area contributed by atoms with Gasteiger partial charge in [-0.15, -0.1) is 0 Å². The Balaban J connectivity index is 1.61. The van der Waals surface area contributed by atoms with Crippen LogP contribution in [0.4, 0.5) is 5.69 Å². The van der Waals surface area contributed by atoms with Gasteiger partial charge in [-0.2, -0.15) is 10.4 Å². The number of hydrazone groups is 1. The van der Waals surface area contributed by atoms with Crippen LogP contribution < -0.4 is 10.7 Å². The predicted octanol–water partition coefficient (Wildman–Crippen LogP) is 4.61. The van der Waals surface area contributed by atoms with Crippen molar-refractivity contribution < 1.29 is 4.79 Å². The van der Waals surface area contributed by atoms with Crippen molar-refractivity contribution in [3.05, 3.63) is 48.5 Å². The molecule has 0 atom stereocenters. The number of hydrogen-bond acceptors (Lipinski definition) is 5. The number of aromatic amines is 1. The van der Waals surface area contributed by atoms with Crippen LogP contribution in [0.15, 0.2) is 53.6 Å². The van der Waals surface area contributed by atoms with Crippen LogP contribution in [-0.4, -0.2) is 28.1 Å². The number of fused-ring (bicyclic) bond motifs is 1. The molecule has 154 valence electrons. The average Bonchev–Trinajstić information content (AvgIpc) is 3.20. The fourth-order valence-corrected chi connectivity index (χ4v) is 3.07. The summed E-state index contributed by atoms with van der Waals surface area (Å²) >= 11 is 0. The van der Waals surface area contributed by atoms with E-state index in [1.807, 2.05) is 54.6 Å². The van der Waals surface area contributed by atoms with Crippen LogP contribution in [0.3, 0.4) is 0 Å². The van der Waals surface area contributed by atoms with E-state index in [2.05, 4.69) is 32.7 Å². The van der Waals surface area contributed by atoms with Gasteiger partial charge in [0.1, 0.15) is 11.9 Å². The Morgan fingerprint density at radius 1 is 1.13 bits per heavy atom. The number of H-pyrrole nitrogens is 1. The minimum atomic E-state index is -0.463. The van der Waals surface area contributed by atoms with Crippen LogP contribution in [-0.2, 0) is 4.79 Å². The van der Waals surface area contributed by atoms with E-state index in [1.54, 1.807) is 0 Å². The van der Waals surface area contributed by atoms with E-state index in [4.69, 9.17) is 0 Å². The highest BCUT2D eigenvalue weighted by Crippen LogP contribution is 2.22. The second-order valence-electron chi connectivity index (χ2n) is 7.04. The van der Waals surface area contributed by atoms with Crippen LogP contribution in [0.1, 0.15) is 39.0 Å². The zero-order valence-corrected chi connectivity index (χ0v) is 17.1. The molecule has 7 nitrogen and oxygen atoms in total. The largest absolute Gasteiger partial charge is 0.350 e. The van der Waals surface area contributed by atoms with Crippen LogP contribution in [0.25, 0.3) is 22.4 Å². The summed E-state index contributed by atoms with van der Waals surface area (Å²) in [6.45, 7) is 2.71. The van der Waals surface area contributed by atoms with E-state index in [0.717, 1.165) is 41.7 Å². The molecule has 0 aliphatic carbocycles. The van der Waals surface area contributed by atoms with Gasteiger partial charge in [0.15, 0.2) is 0 Å². The maximum atomic E-state index is 12.1. The summed E-state index contributed by atoms with van der Waals surface area (Å²) in [7, 11) is 0. The highest BCUT2D eigenvalue weighted by atomic mass is 16.1. The first-order chi connectivity index (χ1) is 14.7. The van der Waals surface area contributed by atoms with Crippen molar-refractivity contribution in [1.82, 2.24) is 15.3 Å². The highest BCUT2D eigenvalue weighted by molar-refractivity contribution is 6.45. The molecule has 30 heavy (non-hydrogen) atoms. The Labute approximate surface area is 176 Å². The molecule has 0 fully saturated rings. The Hall–Kier alpha value is -3.66. The molecule has 3 rings (SSSR count). The van der Waals surface area contributed by atoms with Crippen molar-refractivity contribution >= 4 is 28.3 Å². The molecule has 0 bridgehead atoms. The smallest absolute Gasteiger partial charge is 0.282 e. The number of nitrogens with one attached hydrogen (secondary N) is 3. The fourth-order valence-electron chi connectivity index (χ4n) is 3.07. The number of anilines is 1. The summed E-state index contributed by atoms with van der Waals surface area (Å²) in [6.07, 6.45) is 5.52. The van der Waals surface area contributed by atoms with Gasteiger partial charge in [0.2, 0.25) is 5.71 Å². The summed E-state index contributed by atoms with van der Waals surface area (Å²) < 4.78 is 0. The van der Waals surface area contributed by atoms with E-state index in [1.165, 1.54) is 12.8 Å². The van der Waals surface area contributed by atoms with Crippen LogP contribution in [0.5, 0.6) is 0 Å². The Morgan fingerprint density at radius 2 is 1.93 bits per heavy atom. The topological polar surface area (TPSA) is 106 Å². The molecule has 0 unspecified atom stereocenters. The SMILES string of the molecule is CCCCCCCNC(=O)/C(C#N)=N/Nc1ccc2nc(-c3ccccc3)[nH]c2c1. The number of hydrogen-bond donors (Lipinski definition) is 3. The molecular weight excluding hydrogens is 376 g/mol.